The van der Waals surface area contributed by atoms with Gasteiger partial charge in [0.05, 0.1) is 11.4 Å². The van der Waals surface area contributed by atoms with Gasteiger partial charge in [0, 0.05) is 45.1 Å². The first-order valence-electron chi connectivity index (χ1n) is 8.26. The average Bonchev–Trinajstić information content (AvgIpc) is 3.18. The smallest absolute Gasteiger partial charge is 0.219 e. The normalized spacial score (nSPS) is 17.7. The largest absolute Gasteiger partial charge is 0.343 e. The maximum atomic E-state index is 11.5. The highest BCUT2D eigenvalue weighted by Crippen LogP contribution is 2.25. The Balaban J connectivity index is 1.81. The van der Waals surface area contributed by atoms with Crippen molar-refractivity contribution in [2.75, 3.05) is 13.1 Å². The second-order valence-electron chi connectivity index (χ2n) is 6.12. The molecule has 1 saturated heterocycles. The zero-order chi connectivity index (χ0) is 16.2. The molecule has 3 rings (SSSR count). The fraction of sp³-hybridized carbons (Fsp3) is 0.529. The molecule has 1 fully saturated rings. The van der Waals surface area contributed by atoms with Gasteiger partial charge in [-0.25, -0.2) is 0 Å². The summed E-state index contributed by atoms with van der Waals surface area (Å²) in [6.07, 6.45) is 8.21. The number of aromatic nitrogens is 4. The van der Waals surface area contributed by atoms with Crippen LogP contribution in [0.4, 0.5) is 0 Å². The quantitative estimate of drug-likeness (QED) is 0.848. The molecule has 0 aliphatic carbocycles. The third-order valence-corrected chi connectivity index (χ3v) is 4.38. The van der Waals surface area contributed by atoms with E-state index >= 15 is 0 Å². The van der Waals surface area contributed by atoms with E-state index in [2.05, 4.69) is 22.0 Å². The van der Waals surface area contributed by atoms with Crippen molar-refractivity contribution in [2.45, 2.75) is 39.7 Å². The Morgan fingerprint density at radius 3 is 2.87 bits per heavy atom. The van der Waals surface area contributed by atoms with Crippen molar-refractivity contribution in [2.24, 2.45) is 5.92 Å². The van der Waals surface area contributed by atoms with Crippen LogP contribution in [0.1, 0.15) is 32.4 Å². The lowest BCUT2D eigenvalue weighted by molar-refractivity contribution is -0.127. The summed E-state index contributed by atoms with van der Waals surface area (Å²) >= 11 is 0. The van der Waals surface area contributed by atoms with E-state index in [9.17, 15) is 4.79 Å². The van der Waals surface area contributed by atoms with Gasteiger partial charge in [-0.2, -0.15) is 5.10 Å². The number of rotatable bonds is 5. The molecule has 0 aromatic carbocycles. The van der Waals surface area contributed by atoms with Gasteiger partial charge in [-0.05, 0) is 31.2 Å². The van der Waals surface area contributed by atoms with Gasteiger partial charge in [0.15, 0.2) is 0 Å². The van der Waals surface area contributed by atoms with E-state index in [1.807, 2.05) is 21.8 Å². The van der Waals surface area contributed by atoms with Gasteiger partial charge < -0.3 is 4.90 Å². The van der Waals surface area contributed by atoms with E-state index in [0.29, 0.717) is 5.92 Å². The molecule has 1 atom stereocenters. The van der Waals surface area contributed by atoms with Crippen molar-refractivity contribution in [3.05, 3.63) is 30.4 Å². The molecule has 1 amide bonds. The highest BCUT2D eigenvalue weighted by Gasteiger charge is 2.26. The van der Waals surface area contributed by atoms with Gasteiger partial charge in [-0.15, -0.1) is 0 Å². The fourth-order valence-electron chi connectivity index (χ4n) is 3.21. The van der Waals surface area contributed by atoms with E-state index in [4.69, 9.17) is 0 Å². The molecule has 6 nitrogen and oxygen atoms in total. The molecule has 2 aromatic heterocycles. The summed E-state index contributed by atoms with van der Waals surface area (Å²) in [4.78, 5) is 22.5. The van der Waals surface area contributed by atoms with Crippen molar-refractivity contribution in [3.63, 3.8) is 0 Å². The summed E-state index contributed by atoms with van der Waals surface area (Å²) in [7, 11) is 0. The van der Waals surface area contributed by atoms with E-state index in [-0.39, 0.29) is 5.91 Å². The monoisotopic (exact) mass is 313 g/mol. The van der Waals surface area contributed by atoms with Crippen LogP contribution < -0.4 is 0 Å². The molecule has 0 N–H and O–H groups in total. The van der Waals surface area contributed by atoms with E-state index < -0.39 is 0 Å². The van der Waals surface area contributed by atoms with Crippen molar-refractivity contribution in [1.82, 2.24) is 24.6 Å². The number of aryl methyl sites for hydroxylation is 1. The summed E-state index contributed by atoms with van der Waals surface area (Å²) in [5.74, 6) is 0.616. The summed E-state index contributed by atoms with van der Waals surface area (Å²) in [6, 6.07) is 2.00. The van der Waals surface area contributed by atoms with Crippen LogP contribution in [0.2, 0.25) is 0 Å². The molecular formula is C17H23N5O. The third-order valence-electron chi connectivity index (χ3n) is 4.38. The van der Waals surface area contributed by atoms with Crippen LogP contribution in [-0.2, 0) is 17.8 Å². The lowest BCUT2D eigenvalue weighted by atomic mass is 10.0. The molecule has 0 radical (unpaired) electrons. The molecule has 6 heteroatoms. The van der Waals surface area contributed by atoms with Crippen LogP contribution in [0.3, 0.4) is 0 Å². The van der Waals surface area contributed by atoms with Crippen molar-refractivity contribution in [3.8, 4) is 11.4 Å². The summed E-state index contributed by atoms with van der Waals surface area (Å²) in [5.41, 5.74) is 2.94. The van der Waals surface area contributed by atoms with Crippen LogP contribution in [0.25, 0.3) is 11.4 Å². The molecule has 1 aliphatic rings. The zero-order valence-corrected chi connectivity index (χ0v) is 13.8. The van der Waals surface area contributed by atoms with Crippen molar-refractivity contribution < 1.29 is 4.79 Å². The fourth-order valence-corrected chi connectivity index (χ4v) is 3.21. The number of carbonyl (C=O) groups excluding carboxylic acids is 1. The Bertz CT molecular complexity index is 681. The molecule has 2 aromatic rings. The maximum Gasteiger partial charge on any atom is 0.219 e. The van der Waals surface area contributed by atoms with Crippen LogP contribution in [0.5, 0.6) is 0 Å². The molecule has 122 valence electrons. The Morgan fingerprint density at radius 1 is 1.30 bits per heavy atom. The summed E-state index contributed by atoms with van der Waals surface area (Å²) < 4.78 is 1.99. The Morgan fingerprint density at radius 2 is 2.13 bits per heavy atom. The zero-order valence-electron chi connectivity index (χ0n) is 13.8. The average molecular weight is 313 g/mol. The van der Waals surface area contributed by atoms with Crippen molar-refractivity contribution in [1.29, 1.82) is 0 Å². The highest BCUT2D eigenvalue weighted by atomic mass is 16.2. The third kappa shape index (κ3) is 3.41. The summed E-state index contributed by atoms with van der Waals surface area (Å²) in [6.45, 7) is 6.32. The second-order valence-corrected chi connectivity index (χ2v) is 6.12. The van der Waals surface area contributed by atoms with Gasteiger partial charge in [0.1, 0.15) is 5.69 Å². The maximum absolute atomic E-state index is 11.5. The predicted octanol–water partition coefficient (Wildman–Crippen LogP) is 2.16. The van der Waals surface area contributed by atoms with E-state index in [0.717, 1.165) is 56.0 Å². The number of likely N-dealkylation sites (tertiary alicyclic amines) is 1. The van der Waals surface area contributed by atoms with Crippen LogP contribution >= 0.6 is 0 Å². The minimum atomic E-state index is 0.160. The lowest BCUT2D eigenvalue weighted by Gasteiger charge is -2.15. The Hall–Kier alpha value is -2.24. The van der Waals surface area contributed by atoms with Gasteiger partial charge >= 0.3 is 0 Å². The lowest BCUT2D eigenvalue weighted by Crippen LogP contribution is -2.26. The molecule has 0 saturated carbocycles. The molecule has 0 spiro atoms. The SMILES string of the molecule is CCCn1nccc1-c1nccnc1C[C@@H]1CCN(C(C)=O)C1. The first-order chi connectivity index (χ1) is 11.2. The number of carbonyl (C=O) groups is 1. The highest BCUT2D eigenvalue weighted by molar-refractivity contribution is 5.73. The standard InChI is InChI=1S/C17H23N5O/c1-3-9-22-16(4-6-20-22)17-15(18-7-8-19-17)11-14-5-10-21(12-14)13(2)23/h4,6-8,14H,3,5,9-12H2,1-2H3/t14-/m0/s1. The number of nitrogens with zero attached hydrogens (tertiary/aromatic N) is 5. The molecule has 0 unspecified atom stereocenters. The minimum Gasteiger partial charge on any atom is -0.343 e. The molecule has 23 heavy (non-hydrogen) atoms. The minimum absolute atomic E-state index is 0.160. The molecule has 1 aliphatic heterocycles. The molecule has 3 heterocycles. The number of amides is 1. The number of hydrogen-bond donors (Lipinski definition) is 0. The van der Waals surface area contributed by atoms with Crippen molar-refractivity contribution >= 4 is 5.91 Å². The van der Waals surface area contributed by atoms with Gasteiger partial charge in [0.25, 0.3) is 0 Å². The van der Waals surface area contributed by atoms with E-state index in [1.165, 1.54) is 0 Å². The second kappa shape index (κ2) is 6.89. The van der Waals surface area contributed by atoms with Crippen LogP contribution in [-0.4, -0.2) is 43.6 Å². The first-order valence-corrected chi connectivity index (χ1v) is 8.26. The molecule has 0 bridgehead atoms. The van der Waals surface area contributed by atoms with E-state index in [1.54, 1.807) is 19.3 Å². The molecular weight excluding hydrogens is 290 g/mol. The van der Waals surface area contributed by atoms with Gasteiger partial charge in [-0.1, -0.05) is 6.92 Å². The van der Waals surface area contributed by atoms with Gasteiger partial charge in [0.2, 0.25) is 5.91 Å². The predicted molar refractivity (Wildman–Crippen MR) is 87.6 cm³/mol. The summed E-state index contributed by atoms with van der Waals surface area (Å²) in [5, 5.41) is 4.39. The number of hydrogen-bond acceptors (Lipinski definition) is 4. The Labute approximate surface area is 136 Å². The van der Waals surface area contributed by atoms with Crippen LogP contribution in [0, 0.1) is 5.92 Å². The first kappa shape index (κ1) is 15.6. The Kier molecular flexibility index (Phi) is 4.69. The van der Waals surface area contributed by atoms with Crippen LogP contribution in [0.15, 0.2) is 24.7 Å². The topological polar surface area (TPSA) is 63.9 Å². The van der Waals surface area contributed by atoms with Gasteiger partial charge in [-0.3, -0.25) is 19.4 Å².